The summed E-state index contributed by atoms with van der Waals surface area (Å²) in [5.74, 6) is 1.14. The van der Waals surface area contributed by atoms with Crippen molar-refractivity contribution in [1.29, 1.82) is 0 Å². The number of fused-ring (bicyclic) bond motifs is 1. The molecule has 3 nitrogen and oxygen atoms in total. The molecule has 102 valence electrons. The highest BCUT2D eigenvalue weighted by atomic mass is 79.9. The molecule has 5 heteroatoms. The van der Waals surface area contributed by atoms with Gasteiger partial charge in [-0.05, 0) is 53.0 Å². The third-order valence-corrected chi connectivity index (χ3v) is 4.51. The van der Waals surface area contributed by atoms with E-state index in [2.05, 4.69) is 38.9 Å². The minimum Gasteiger partial charge on any atom is -0.279 e. The van der Waals surface area contributed by atoms with E-state index in [1.807, 2.05) is 35.9 Å². The Bertz CT molecular complexity index is 795. The maximum Gasteiger partial charge on any atom is 0.164 e. The molecule has 0 fully saturated rings. The molecule has 0 unspecified atom stereocenters. The topological polar surface area (TPSA) is 30.7 Å². The quantitative estimate of drug-likeness (QED) is 0.635. The van der Waals surface area contributed by atoms with Gasteiger partial charge in [-0.15, -0.1) is 11.6 Å². The number of aromatic nitrogens is 3. The molecule has 3 rings (SSSR count). The van der Waals surface area contributed by atoms with E-state index in [0.717, 1.165) is 38.3 Å². The van der Waals surface area contributed by atoms with Crippen LogP contribution in [0.5, 0.6) is 0 Å². The summed E-state index contributed by atoms with van der Waals surface area (Å²) in [5.41, 5.74) is 4.97. The maximum absolute atomic E-state index is 6.06. The van der Waals surface area contributed by atoms with Crippen LogP contribution in [0.2, 0.25) is 0 Å². The van der Waals surface area contributed by atoms with Crippen LogP contribution in [0.15, 0.2) is 34.9 Å². The van der Waals surface area contributed by atoms with E-state index < -0.39 is 0 Å². The number of pyridine rings is 1. The highest BCUT2D eigenvalue weighted by molar-refractivity contribution is 9.10. The molecule has 1 aromatic carbocycles. The summed E-state index contributed by atoms with van der Waals surface area (Å²) < 4.78 is 3.05. The summed E-state index contributed by atoms with van der Waals surface area (Å²) >= 11 is 9.70. The van der Waals surface area contributed by atoms with Gasteiger partial charge >= 0.3 is 0 Å². The molecule has 2 aromatic heterocycles. The Kier molecular flexibility index (Phi) is 3.52. The zero-order chi connectivity index (χ0) is 14.3. The highest BCUT2D eigenvalue weighted by Crippen LogP contribution is 2.29. The van der Waals surface area contributed by atoms with E-state index >= 15 is 0 Å². The van der Waals surface area contributed by atoms with E-state index in [9.17, 15) is 0 Å². The summed E-state index contributed by atoms with van der Waals surface area (Å²) in [6.07, 6.45) is 1.85. The smallest absolute Gasteiger partial charge is 0.164 e. The van der Waals surface area contributed by atoms with Crippen LogP contribution in [-0.2, 0) is 5.88 Å². The van der Waals surface area contributed by atoms with Crippen LogP contribution in [0.1, 0.15) is 17.0 Å². The van der Waals surface area contributed by atoms with Gasteiger partial charge in [0.15, 0.2) is 5.65 Å². The van der Waals surface area contributed by atoms with Gasteiger partial charge < -0.3 is 0 Å². The second-order valence-corrected chi connectivity index (χ2v) is 5.82. The minimum absolute atomic E-state index is 0.343. The maximum atomic E-state index is 6.06. The molecule has 0 aliphatic carbocycles. The zero-order valence-corrected chi connectivity index (χ0v) is 13.5. The fraction of sp³-hybridized carbons (Fsp3) is 0.200. The van der Waals surface area contributed by atoms with E-state index in [-0.39, 0.29) is 0 Å². The summed E-state index contributed by atoms with van der Waals surface area (Å²) in [6, 6.07) is 8.15. The number of alkyl halides is 1. The third-order valence-electron chi connectivity index (χ3n) is 3.24. The summed E-state index contributed by atoms with van der Waals surface area (Å²) in [6.45, 7) is 4.07. The second-order valence-electron chi connectivity index (χ2n) is 4.76. The Morgan fingerprint density at radius 3 is 2.85 bits per heavy atom. The number of aryl methyl sites for hydroxylation is 2. The molecule has 0 aliphatic heterocycles. The number of imidazole rings is 1. The molecular formula is C15H13BrClN3. The van der Waals surface area contributed by atoms with Crippen molar-refractivity contribution in [3.8, 4) is 5.69 Å². The minimum atomic E-state index is 0.343. The van der Waals surface area contributed by atoms with Crippen molar-refractivity contribution in [1.82, 2.24) is 14.5 Å². The van der Waals surface area contributed by atoms with Gasteiger partial charge in [0.1, 0.15) is 11.3 Å². The number of hydrogen-bond donors (Lipinski definition) is 0. The molecule has 0 bridgehead atoms. The lowest BCUT2D eigenvalue weighted by atomic mass is 10.2. The number of nitrogens with zero attached hydrogens (tertiary/aromatic N) is 3. The van der Waals surface area contributed by atoms with Crippen molar-refractivity contribution < 1.29 is 0 Å². The van der Waals surface area contributed by atoms with Gasteiger partial charge in [0, 0.05) is 10.7 Å². The summed E-state index contributed by atoms with van der Waals surface area (Å²) in [5, 5.41) is 0. The van der Waals surface area contributed by atoms with Gasteiger partial charge in [-0.3, -0.25) is 4.57 Å². The van der Waals surface area contributed by atoms with Crippen molar-refractivity contribution in [2.75, 3.05) is 0 Å². The molecule has 20 heavy (non-hydrogen) atoms. The molecule has 3 aromatic rings. The SMILES string of the molecule is Cc1cnc2c(c1)nc(CCl)n2-c1cccc(C)c1Br. The fourth-order valence-corrected chi connectivity index (χ4v) is 2.88. The molecule has 0 amide bonds. The Balaban J connectivity index is 2.37. The van der Waals surface area contributed by atoms with E-state index in [4.69, 9.17) is 11.6 Å². The monoisotopic (exact) mass is 349 g/mol. The van der Waals surface area contributed by atoms with Crippen molar-refractivity contribution in [2.24, 2.45) is 0 Å². The first-order chi connectivity index (χ1) is 9.61. The average Bonchev–Trinajstić information content (AvgIpc) is 2.79. The van der Waals surface area contributed by atoms with Gasteiger partial charge in [-0.2, -0.15) is 0 Å². The Labute approximate surface area is 130 Å². The molecule has 0 aliphatic rings. The lowest BCUT2D eigenvalue weighted by Crippen LogP contribution is -2.02. The molecular weight excluding hydrogens is 338 g/mol. The molecule has 0 saturated carbocycles. The zero-order valence-electron chi connectivity index (χ0n) is 11.2. The molecule has 0 N–H and O–H groups in total. The van der Waals surface area contributed by atoms with Gasteiger partial charge in [0.05, 0.1) is 11.6 Å². The Hall–Kier alpha value is -1.39. The van der Waals surface area contributed by atoms with Gasteiger partial charge in [0.2, 0.25) is 0 Å². The van der Waals surface area contributed by atoms with Crippen LogP contribution >= 0.6 is 27.5 Å². The first-order valence-corrected chi connectivity index (χ1v) is 7.60. The molecule has 0 spiro atoms. The first-order valence-electron chi connectivity index (χ1n) is 6.27. The van der Waals surface area contributed by atoms with Crippen LogP contribution < -0.4 is 0 Å². The molecule has 0 atom stereocenters. The van der Waals surface area contributed by atoms with Crippen LogP contribution in [0, 0.1) is 13.8 Å². The highest BCUT2D eigenvalue weighted by Gasteiger charge is 2.15. The largest absolute Gasteiger partial charge is 0.279 e. The van der Waals surface area contributed by atoms with E-state index in [0.29, 0.717) is 5.88 Å². The van der Waals surface area contributed by atoms with Crippen LogP contribution in [0.4, 0.5) is 0 Å². The number of benzene rings is 1. The number of halogens is 2. The normalized spacial score (nSPS) is 11.2. The van der Waals surface area contributed by atoms with Gasteiger partial charge in [-0.1, -0.05) is 12.1 Å². The molecule has 0 saturated heterocycles. The predicted molar refractivity (Wildman–Crippen MR) is 85.6 cm³/mol. The van der Waals surface area contributed by atoms with Gasteiger partial charge in [0.25, 0.3) is 0 Å². The van der Waals surface area contributed by atoms with E-state index in [1.165, 1.54) is 0 Å². The standard InChI is InChI=1S/C15H13BrClN3/c1-9-6-11-15(18-8-9)20(13(7-17)19-11)12-5-3-4-10(2)14(12)16/h3-6,8H,7H2,1-2H3. The van der Waals surface area contributed by atoms with Crippen molar-refractivity contribution >= 4 is 38.7 Å². The molecule has 2 heterocycles. The lowest BCUT2D eigenvalue weighted by molar-refractivity contribution is 0.962. The van der Waals surface area contributed by atoms with Crippen molar-refractivity contribution in [3.05, 3.63) is 51.9 Å². The predicted octanol–water partition coefficient (Wildman–Crippen LogP) is 4.54. The van der Waals surface area contributed by atoms with Crippen LogP contribution in [0.3, 0.4) is 0 Å². The average molecular weight is 351 g/mol. The first kappa shape index (κ1) is 13.6. The Morgan fingerprint density at radius 1 is 1.30 bits per heavy atom. The lowest BCUT2D eigenvalue weighted by Gasteiger charge is -2.11. The van der Waals surface area contributed by atoms with Crippen molar-refractivity contribution in [3.63, 3.8) is 0 Å². The third kappa shape index (κ3) is 2.13. The van der Waals surface area contributed by atoms with Crippen LogP contribution in [0.25, 0.3) is 16.9 Å². The summed E-state index contributed by atoms with van der Waals surface area (Å²) in [7, 11) is 0. The number of rotatable bonds is 2. The second kappa shape index (κ2) is 5.19. The Morgan fingerprint density at radius 2 is 2.10 bits per heavy atom. The van der Waals surface area contributed by atoms with E-state index in [1.54, 1.807) is 0 Å². The van der Waals surface area contributed by atoms with Gasteiger partial charge in [-0.25, -0.2) is 9.97 Å². The summed E-state index contributed by atoms with van der Waals surface area (Å²) in [4.78, 5) is 9.10. The number of hydrogen-bond acceptors (Lipinski definition) is 2. The van der Waals surface area contributed by atoms with Crippen LogP contribution in [-0.4, -0.2) is 14.5 Å². The fourth-order valence-electron chi connectivity index (χ4n) is 2.26. The molecule has 0 radical (unpaired) electrons. The van der Waals surface area contributed by atoms with Crippen molar-refractivity contribution in [2.45, 2.75) is 19.7 Å².